The fourth-order valence-electron chi connectivity index (χ4n) is 2.99. The van der Waals surface area contributed by atoms with Crippen LogP contribution in [0.5, 0.6) is 0 Å². The molecule has 0 bridgehead atoms. The summed E-state index contributed by atoms with van der Waals surface area (Å²) in [5.74, 6) is 0.755. The van der Waals surface area contributed by atoms with Crippen LogP contribution in [0.25, 0.3) is 11.0 Å². The van der Waals surface area contributed by atoms with Crippen LogP contribution in [-0.2, 0) is 0 Å². The summed E-state index contributed by atoms with van der Waals surface area (Å²) in [6, 6.07) is 6.22. The second-order valence-electron chi connectivity index (χ2n) is 5.85. The van der Waals surface area contributed by atoms with Crippen molar-refractivity contribution in [1.29, 1.82) is 0 Å². The highest BCUT2D eigenvalue weighted by molar-refractivity contribution is 5.80. The zero-order valence-electron chi connectivity index (χ0n) is 13.3. The third kappa shape index (κ3) is 3.38. The number of imidazole rings is 1. The van der Waals surface area contributed by atoms with Crippen molar-refractivity contribution in [3.63, 3.8) is 0 Å². The minimum Gasteiger partial charge on any atom is -0.399 e. The summed E-state index contributed by atoms with van der Waals surface area (Å²) < 4.78 is 2.23. The zero-order chi connectivity index (χ0) is 15.4. The van der Waals surface area contributed by atoms with Gasteiger partial charge in [-0.2, -0.15) is 0 Å². The van der Waals surface area contributed by atoms with Crippen molar-refractivity contribution in [3.05, 3.63) is 24.0 Å². The summed E-state index contributed by atoms with van der Waals surface area (Å²) in [7, 11) is 0. The Hall–Kier alpha value is -1.55. The molecule has 2 atom stereocenters. The molecule has 0 aliphatic heterocycles. The van der Waals surface area contributed by atoms with Crippen molar-refractivity contribution in [2.45, 2.75) is 65.0 Å². The minimum absolute atomic E-state index is 0.396. The molecular weight excluding hydrogens is 262 g/mol. The average molecular weight is 289 g/mol. The Bertz CT molecular complexity index is 589. The van der Waals surface area contributed by atoms with Crippen LogP contribution in [0.15, 0.2) is 18.2 Å². The Morgan fingerprint density at radius 2 is 2.00 bits per heavy atom. The van der Waals surface area contributed by atoms with Gasteiger partial charge in [-0.1, -0.05) is 33.1 Å². The summed E-state index contributed by atoms with van der Waals surface area (Å²) in [5.41, 5.74) is 8.53. The Balaban J connectivity index is 2.53. The molecule has 2 rings (SSSR count). The van der Waals surface area contributed by atoms with Crippen LogP contribution in [0, 0.1) is 0 Å². The number of aromatic nitrogens is 2. The molecule has 0 amide bonds. The molecule has 116 valence electrons. The first kappa shape index (κ1) is 15.8. The Labute approximate surface area is 127 Å². The van der Waals surface area contributed by atoms with Gasteiger partial charge in [-0.3, -0.25) is 0 Å². The minimum atomic E-state index is -0.570. The highest BCUT2D eigenvalue weighted by Gasteiger charge is 2.21. The maximum absolute atomic E-state index is 10.1. The molecule has 0 saturated carbocycles. The maximum atomic E-state index is 10.1. The number of hydrogen-bond donors (Lipinski definition) is 2. The van der Waals surface area contributed by atoms with E-state index in [1.165, 1.54) is 12.8 Å². The van der Waals surface area contributed by atoms with Gasteiger partial charge in [0.2, 0.25) is 0 Å². The Morgan fingerprint density at radius 3 is 2.62 bits per heavy atom. The molecule has 2 unspecified atom stereocenters. The highest BCUT2D eigenvalue weighted by Crippen LogP contribution is 2.31. The smallest absolute Gasteiger partial charge is 0.138 e. The molecule has 1 heterocycles. The fraction of sp³-hybridized carbons (Fsp3) is 0.588. The van der Waals surface area contributed by atoms with E-state index in [0.717, 1.165) is 36.1 Å². The van der Waals surface area contributed by atoms with Gasteiger partial charge in [0.25, 0.3) is 0 Å². The third-order valence-electron chi connectivity index (χ3n) is 3.99. The van der Waals surface area contributed by atoms with Crippen molar-refractivity contribution >= 4 is 16.7 Å². The average Bonchev–Trinajstić information content (AvgIpc) is 2.82. The molecule has 21 heavy (non-hydrogen) atoms. The second-order valence-corrected chi connectivity index (χ2v) is 5.85. The quantitative estimate of drug-likeness (QED) is 0.751. The molecule has 2 aromatic rings. The zero-order valence-corrected chi connectivity index (χ0v) is 13.3. The van der Waals surface area contributed by atoms with Crippen LogP contribution in [0.2, 0.25) is 0 Å². The molecule has 1 aromatic heterocycles. The lowest BCUT2D eigenvalue weighted by Crippen LogP contribution is -2.14. The van der Waals surface area contributed by atoms with E-state index in [1.54, 1.807) is 6.92 Å². The summed E-state index contributed by atoms with van der Waals surface area (Å²) in [4.78, 5) is 4.62. The summed E-state index contributed by atoms with van der Waals surface area (Å²) in [6.45, 7) is 6.20. The molecule has 0 radical (unpaired) electrons. The van der Waals surface area contributed by atoms with E-state index in [2.05, 4.69) is 23.4 Å². The van der Waals surface area contributed by atoms with Crippen molar-refractivity contribution < 1.29 is 5.11 Å². The Morgan fingerprint density at radius 1 is 1.24 bits per heavy atom. The third-order valence-corrected chi connectivity index (χ3v) is 3.99. The molecule has 1 aromatic carbocycles. The van der Waals surface area contributed by atoms with E-state index in [9.17, 15) is 5.11 Å². The van der Waals surface area contributed by atoms with E-state index in [4.69, 9.17) is 5.73 Å². The van der Waals surface area contributed by atoms with Gasteiger partial charge in [0.15, 0.2) is 0 Å². The second kappa shape index (κ2) is 6.94. The first-order valence-electron chi connectivity index (χ1n) is 8.03. The number of aliphatic hydroxyl groups excluding tert-OH is 1. The molecule has 0 spiro atoms. The number of nitrogen functional groups attached to an aromatic ring is 1. The Kier molecular flexibility index (Phi) is 5.23. The molecular formula is C17H27N3O. The summed E-state index contributed by atoms with van der Waals surface area (Å²) in [6.07, 6.45) is 5.17. The summed E-state index contributed by atoms with van der Waals surface area (Å²) >= 11 is 0. The van der Waals surface area contributed by atoms with Gasteiger partial charge in [-0.25, -0.2) is 4.98 Å². The van der Waals surface area contributed by atoms with E-state index in [0.29, 0.717) is 11.7 Å². The van der Waals surface area contributed by atoms with Crippen LogP contribution in [-0.4, -0.2) is 14.7 Å². The normalized spacial score (nSPS) is 14.5. The number of nitrogens with two attached hydrogens (primary N) is 1. The topological polar surface area (TPSA) is 64.1 Å². The van der Waals surface area contributed by atoms with Crippen molar-refractivity contribution in [2.24, 2.45) is 0 Å². The van der Waals surface area contributed by atoms with Crippen molar-refractivity contribution in [1.82, 2.24) is 9.55 Å². The lowest BCUT2D eigenvalue weighted by Gasteiger charge is -2.22. The van der Waals surface area contributed by atoms with Gasteiger partial charge in [0.1, 0.15) is 11.9 Å². The molecule has 3 N–H and O–H groups in total. The molecule has 0 fully saturated rings. The van der Waals surface area contributed by atoms with Gasteiger partial charge >= 0.3 is 0 Å². The standard InChI is InChI=1S/C17H27N3O/c1-4-6-8-14(7-5-2)20-16-10-9-13(18)11-15(16)19-17(20)12(3)21/h9-12,14,21H,4-8,18H2,1-3H3. The number of anilines is 1. The van der Waals surface area contributed by atoms with E-state index < -0.39 is 6.10 Å². The first-order valence-corrected chi connectivity index (χ1v) is 8.03. The van der Waals surface area contributed by atoms with Crippen LogP contribution in [0.1, 0.15) is 70.8 Å². The van der Waals surface area contributed by atoms with Gasteiger partial charge in [-0.15, -0.1) is 0 Å². The van der Waals surface area contributed by atoms with E-state index in [1.807, 2.05) is 18.2 Å². The number of aliphatic hydroxyl groups is 1. The van der Waals surface area contributed by atoms with Crippen LogP contribution >= 0.6 is 0 Å². The predicted octanol–water partition coefficient (Wildman–Crippen LogP) is 4.20. The number of hydrogen-bond acceptors (Lipinski definition) is 3. The predicted molar refractivity (Wildman–Crippen MR) is 88.2 cm³/mol. The van der Waals surface area contributed by atoms with Gasteiger partial charge in [0, 0.05) is 11.7 Å². The van der Waals surface area contributed by atoms with Crippen molar-refractivity contribution in [3.8, 4) is 0 Å². The first-order chi connectivity index (χ1) is 10.1. The maximum Gasteiger partial charge on any atom is 0.138 e. The molecule has 0 aliphatic rings. The number of rotatable bonds is 7. The number of unbranched alkanes of at least 4 members (excludes halogenated alkanes) is 1. The fourth-order valence-corrected chi connectivity index (χ4v) is 2.99. The largest absolute Gasteiger partial charge is 0.399 e. The lowest BCUT2D eigenvalue weighted by molar-refractivity contribution is 0.180. The van der Waals surface area contributed by atoms with Gasteiger partial charge in [0.05, 0.1) is 11.0 Å². The molecule has 0 saturated heterocycles. The van der Waals surface area contributed by atoms with E-state index >= 15 is 0 Å². The molecule has 4 nitrogen and oxygen atoms in total. The molecule has 4 heteroatoms. The summed E-state index contributed by atoms with van der Waals surface area (Å²) in [5, 5.41) is 10.1. The van der Waals surface area contributed by atoms with Crippen LogP contribution < -0.4 is 5.73 Å². The molecule has 0 aliphatic carbocycles. The highest BCUT2D eigenvalue weighted by atomic mass is 16.3. The van der Waals surface area contributed by atoms with Crippen molar-refractivity contribution in [2.75, 3.05) is 5.73 Å². The monoisotopic (exact) mass is 289 g/mol. The van der Waals surface area contributed by atoms with Gasteiger partial charge in [-0.05, 0) is 38.0 Å². The van der Waals surface area contributed by atoms with Crippen LogP contribution in [0.4, 0.5) is 5.69 Å². The lowest BCUT2D eigenvalue weighted by atomic mass is 10.0. The number of fused-ring (bicyclic) bond motifs is 1. The number of nitrogens with zero attached hydrogens (tertiary/aromatic N) is 2. The van der Waals surface area contributed by atoms with E-state index in [-0.39, 0.29) is 0 Å². The van der Waals surface area contributed by atoms with Gasteiger partial charge < -0.3 is 15.4 Å². The SMILES string of the molecule is CCCCC(CCC)n1c(C(C)O)nc2cc(N)ccc21. The van der Waals surface area contributed by atoms with Crippen LogP contribution in [0.3, 0.4) is 0 Å². The number of benzene rings is 1.